The van der Waals surface area contributed by atoms with Crippen LogP contribution in [0.25, 0.3) is 0 Å². The lowest BCUT2D eigenvalue weighted by atomic mass is 9.99. The Kier molecular flexibility index (Phi) is 40.6. The van der Waals surface area contributed by atoms with Gasteiger partial charge in [0.25, 0.3) is 0 Å². The monoisotopic (exact) mass is 853 g/mol. The Morgan fingerprint density at radius 3 is 1.45 bits per heavy atom. The maximum absolute atomic E-state index is 12.8. The first-order valence-corrected chi connectivity index (χ1v) is 25.4. The number of aliphatic hydroxyl groups is 4. The van der Waals surface area contributed by atoms with Crippen LogP contribution in [0.1, 0.15) is 232 Å². The van der Waals surface area contributed by atoms with E-state index in [1.807, 2.05) is 0 Å². The first kappa shape index (κ1) is 56.7. The Labute approximate surface area is 368 Å². The molecular weight excluding hydrogens is 757 g/mol. The van der Waals surface area contributed by atoms with Crippen LogP contribution >= 0.6 is 0 Å². The molecule has 1 aliphatic heterocycles. The summed E-state index contributed by atoms with van der Waals surface area (Å²) in [6.07, 6.45) is 43.5. The topological polar surface area (TPSA) is 135 Å². The van der Waals surface area contributed by atoms with Crippen LogP contribution in [0, 0.1) is 0 Å². The molecule has 6 atom stereocenters. The highest BCUT2D eigenvalue weighted by molar-refractivity contribution is 5.69. The van der Waals surface area contributed by atoms with Gasteiger partial charge in [0, 0.05) is 13.0 Å². The first-order valence-electron chi connectivity index (χ1n) is 25.4. The van der Waals surface area contributed by atoms with E-state index in [-0.39, 0.29) is 19.2 Å². The molecule has 4 N–H and O–H groups in total. The van der Waals surface area contributed by atoms with Crippen LogP contribution in [0.5, 0.6) is 0 Å². The molecule has 354 valence electrons. The van der Waals surface area contributed by atoms with E-state index in [1.165, 1.54) is 161 Å². The molecule has 1 aliphatic rings. The van der Waals surface area contributed by atoms with Gasteiger partial charge in [0.15, 0.2) is 6.29 Å². The van der Waals surface area contributed by atoms with Crippen LogP contribution in [-0.4, -0.2) is 89.6 Å². The fourth-order valence-corrected chi connectivity index (χ4v) is 7.88. The van der Waals surface area contributed by atoms with E-state index in [4.69, 9.17) is 18.9 Å². The SMILES string of the molecule is CCCCCC/C=C\C/C=C\CCCCCCCCOCC(COC1OC(CO)C(O)C(O)C1O)OC(=O)CCCCCCCCCCCCCCCCCCCCCC. The molecule has 1 heterocycles. The number of carbonyl (C=O) groups is 1. The van der Waals surface area contributed by atoms with Crippen molar-refractivity contribution in [2.45, 2.75) is 269 Å². The van der Waals surface area contributed by atoms with Gasteiger partial charge in [-0.25, -0.2) is 0 Å². The second kappa shape index (κ2) is 42.9. The fraction of sp³-hybridized carbons (Fsp3) is 0.902. The highest BCUT2D eigenvalue weighted by atomic mass is 16.7. The van der Waals surface area contributed by atoms with E-state index in [0.717, 1.165) is 51.4 Å². The summed E-state index contributed by atoms with van der Waals surface area (Å²) in [4.78, 5) is 12.8. The Morgan fingerprint density at radius 2 is 0.967 bits per heavy atom. The van der Waals surface area contributed by atoms with E-state index in [2.05, 4.69) is 38.2 Å². The molecule has 1 rings (SSSR count). The third-order valence-corrected chi connectivity index (χ3v) is 11.9. The molecule has 9 heteroatoms. The third-order valence-electron chi connectivity index (χ3n) is 11.9. The normalized spacial score (nSPS) is 20.1. The molecular formula is C51H96O9. The van der Waals surface area contributed by atoms with Crippen molar-refractivity contribution in [1.82, 2.24) is 0 Å². The van der Waals surface area contributed by atoms with Gasteiger partial charge >= 0.3 is 5.97 Å². The lowest BCUT2D eigenvalue weighted by Gasteiger charge is -2.39. The smallest absolute Gasteiger partial charge is 0.306 e. The number of allylic oxidation sites excluding steroid dienone is 4. The second-order valence-corrected chi connectivity index (χ2v) is 17.6. The van der Waals surface area contributed by atoms with Gasteiger partial charge in [-0.3, -0.25) is 4.79 Å². The number of rotatable bonds is 44. The van der Waals surface area contributed by atoms with Crippen LogP contribution in [0.2, 0.25) is 0 Å². The zero-order valence-corrected chi connectivity index (χ0v) is 39.0. The van der Waals surface area contributed by atoms with Crippen LogP contribution in [0.15, 0.2) is 24.3 Å². The molecule has 0 aromatic rings. The molecule has 1 fully saturated rings. The lowest BCUT2D eigenvalue weighted by molar-refractivity contribution is -0.305. The quantitative estimate of drug-likeness (QED) is 0.0268. The zero-order valence-electron chi connectivity index (χ0n) is 39.0. The van der Waals surface area contributed by atoms with Gasteiger partial charge < -0.3 is 39.4 Å². The number of hydrogen-bond acceptors (Lipinski definition) is 9. The summed E-state index contributed by atoms with van der Waals surface area (Å²) in [5.74, 6) is -0.312. The van der Waals surface area contributed by atoms with Crippen molar-refractivity contribution in [3.05, 3.63) is 24.3 Å². The number of hydrogen-bond donors (Lipinski definition) is 4. The molecule has 1 saturated heterocycles. The van der Waals surface area contributed by atoms with Crippen molar-refractivity contribution in [2.24, 2.45) is 0 Å². The summed E-state index contributed by atoms with van der Waals surface area (Å²) in [7, 11) is 0. The molecule has 60 heavy (non-hydrogen) atoms. The van der Waals surface area contributed by atoms with E-state index < -0.39 is 43.4 Å². The van der Waals surface area contributed by atoms with Crippen LogP contribution in [0.4, 0.5) is 0 Å². The Bertz CT molecular complexity index is 972. The summed E-state index contributed by atoms with van der Waals surface area (Å²) in [6.45, 7) is 4.56. The van der Waals surface area contributed by atoms with Crippen LogP contribution < -0.4 is 0 Å². The zero-order chi connectivity index (χ0) is 43.6. The Hall–Kier alpha value is -1.33. The minimum atomic E-state index is -1.54. The van der Waals surface area contributed by atoms with Gasteiger partial charge in [-0.1, -0.05) is 205 Å². The Morgan fingerprint density at radius 1 is 0.533 bits per heavy atom. The molecule has 6 unspecified atom stereocenters. The number of carbonyl (C=O) groups excluding carboxylic acids is 1. The molecule has 9 nitrogen and oxygen atoms in total. The van der Waals surface area contributed by atoms with Gasteiger partial charge in [0.2, 0.25) is 0 Å². The summed E-state index contributed by atoms with van der Waals surface area (Å²) in [5.41, 5.74) is 0. The minimum absolute atomic E-state index is 0.114. The maximum Gasteiger partial charge on any atom is 0.306 e. The van der Waals surface area contributed by atoms with Gasteiger partial charge in [-0.05, 0) is 44.9 Å². The maximum atomic E-state index is 12.8. The molecule has 0 aromatic carbocycles. The van der Waals surface area contributed by atoms with Crippen molar-refractivity contribution in [3.8, 4) is 0 Å². The van der Waals surface area contributed by atoms with Gasteiger partial charge in [-0.15, -0.1) is 0 Å². The summed E-state index contributed by atoms with van der Waals surface area (Å²) in [6, 6.07) is 0. The van der Waals surface area contributed by atoms with Crippen LogP contribution in [0.3, 0.4) is 0 Å². The molecule has 0 saturated carbocycles. The average molecular weight is 853 g/mol. The molecule has 0 radical (unpaired) electrons. The largest absolute Gasteiger partial charge is 0.457 e. The second-order valence-electron chi connectivity index (χ2n) is 17.6. The number of esters is 1. The summed E-state index contributed by atoms with van der Waals surface area (Å²) < 4.78 is 22.9. The predicted octanol–water partition coefficient (Wildman–Crippen LogP) is 12.1. The van der Waals surface area contributed by atoms with Crippen molar-refractivity contribution in [3.63, 3.8) is 0 Å². The van der Waals surface area contributed by atoms with E-state index >= 15 is 0 Å². The first-order chi connectivity index (χ1) is 29.4. The van der Waals surface area contributed by atoms with Crippen molar-refractivity contribution >= 4 is 5.97 Å². The van der Waals surface area contributed by atoms with Crippen LogP contribution in [-0.2, 0) is 23.7 Å². The molecule has 0 aliphatic carbocycles. The molecule has 0 bridgehead atoms. The minimum Gasteiger partial charge on any atom is -0.457 e. The number of unbranched alkanes of at least 4 members (excludes halogenated alkanes) is 29. The van der Waals surface area contributed by atoms with Gasteiger partial charge in [0.05, 0.1) is 19.8 Å². The van der Waals surface area contributed by atoms with Gasteiger partial charge in [0.1, 0.15) is 30.5 Å². The average Bonchev–Trinajstić information content (AvgIpc) is 3.25. The highest BCUT2D eigenvalue weighted by Gasteiger charge is 2.44. The number of aliphatic hydroxyl groups excluding tert-OH is 4. The third kappa shape index (κ3) is 33.3. The fourth-order valence-electron chi connectivity index (χ4n) is 7.88. The van der Waals surface area contributed by atoms with Crippen molar-refractivity contribution in [2.75, 3.05) is 26.4 Å². The molecule has 0 aromatic heterocycles. The van der Waals surface area contributed by atoms with Crippen molar-refractivity contribution in [1.29, 1.82) is 0 Å². The predicted molar refractivity (Wildman–Crippen MR) is 247 cm³/mol. The summed E-state index contributed by atoms with van der Waals surface area (Å²) >= 11 is 0. The van der Waals surface area contributed by atoms with E-state index in [1.54, 1.807) is 0 Å². The summed E-state index contributed by atoms with van der Waals surface area (Å²) in [5, 5.41) is 40.2. The van der Waals surface area contributed by atoms with E-state index in [9.17, 15) is 25.2 Å². The standard InChI is InChI=1S/C51H96O9/c1-3-5-7-9-11-13-15-17-19-21-22-23-24-26-28-30-32-34-36-38-40-47(53)59-45(44-58-51-50(56)49(55)48(54)46(42-52)60-51)43-57-41-39-37-35-33-31-29-27-25-20-18-16-14-12-10-8-6-4-2/h14,16,20,25,45-46,48-52,54-56H,3-13,15,17-19,21-24,26-44H2,1-2H3/b16-14-,25-20-. The van der Waals surface area contributed by atoms with E-state index in [0.29, 0.717) is 13.0 Å². The highest BCUT2D eigenvalue weighted by Crippen LogP contribution is 2.23. The number of ether oxygens (including phenoxy) is 4. The molecule has 0 spiro atoms. The Balaban J connectivity index is 2.21. The van der Waals surface area contributed by atoms with Gasteiger partial charge in [-0.2, -0.15) is 0 Å². The lowest BCUT2D eigenvalue weighted by Crippen LogP contribution is -2.59. The van der Waals surface area contributed by atoms with Crippen molar-refractivity contribution < 1.29 is 44.2 Å². The molecule has 0 amide bonds.